The summed E-state index contributed by atoms with van der Waals surface area (Å²) >= 11 is 0. The van der Waals surface area contributed by atoms with Crippen molar-refractivity contribution < 1.29 is 9.90 Å². The monoisotopic (exact) mass is 272 g/mol. The predicted molar refractivity (Wildman–Crippen MR) is 77.1 cm³/mol. The van der Waals surface area contributed by atoms with Gasteiger partial charge in [-0.3, -0.25) is 9.78 Å². The van der Waals surface area contributed by atoms with Crippen molar-refractivity contribution in [3.63, 3.8) is 0 Å². The predicted octanol–water partition coefficient (Wildman–Crippen LogP) is 1.69. The van der Waals surface area contributed by atoms with Crippen molar-refractivity contribution in [1.82, 2.24) is 9.88 Å². The summed E-state index contributed by atoms with van der Waals surface area (Å²) in [6, 6.07) is 1.95. The molecule has 1 aromatic rings. The van der Waals surface area contributed by atoms with E-state index in [9.17, 15) is 4.79 Å². The van der Waals surface area contributed by atoms with Crippen LogP contribution in [0.1, 0.15) is 42.6 Å². The van der Waals surface area contributed by atoms with Crippen LogP contribution in [0.25, 0.3) is 0 Å². The van der Waals surface area contributed by atoms with Crippen molar-refractivity contribution in [2.75, 3.05) is 13.2 Å². The first-order chi connectivity index (χ1) is 9.63. The highest BCUT2D eigenvalue weighted by molar-refractivity contribution is 5.96. The Morgan fingerprint density at radius 1 is 1.55 bits per heavy atom. The van der Waals surface area contributed by atoms with Gasteiger partial charge in [0.2, 0.25) is 0 Å². The van der Waals surface area contributed by atoms with E-state index < -0.39 is 0 Å². The number of hydrogen-bond donors (Lipinski definition) is 1. The zero-order valence-electron chi connectivity index (χ0n) is 12.0. The molecule has 1 saturated heterocycles. The number of carbonyl (C=O) groups excluding carboxylic acids is 1. The number of aromatic nitrogens is 1. The summed E-state index contributed by atoms with van der Waals surface area (Å²) in [6.07, 6.45) is 5.26. The first-order valence-electron chi connectivity index (χ1n) is 6.98. The molecule has 0 aromatic carbocycles. The van der Waals surface area contributed by atoms with Crippen LogP contribution >= 0.6 is 0 Å². The van der Waals surface area contributed by atoms with E-state index in [0.717, 1.165) is 19.4 Å². The third-order valence-corrected chi connectivity index (χ3v) is 3.75. The van der Waals surface area contributed by atoms with E-state index in [1.165, 1.54) is 0 Å². The fourth-order valence-electron chi connectivity index (χ4n) is 2.68. The van der Waals surface area contributed by atoms with Crippen LogP contribution in [0.5, 0.6) is 0 Å². The van der Waals surface area contributed by atoms with Gasteiger partial charge in [-0.15, -0.1) is 0 Å². The van der Waals surface area contributed by atoms with Gasteiger partial charge in [0.15, 0.2) is 0 Å². The van der Waals surface area contributed by atoms with Crippen LogP contribution in [0.4, 0.5) is 0 Å². The van der Waals surface area contributed by atoms with Crippen LogP contribution in [0, 0.1) is 17.8 Å². The molecule has 2 unspecified atom stereocenters. The average Bonchev–Trinajstić information content (AvgIpc) is 2.45. The molecule has 2 atom stereocenters. The quantitative estimate of drug-likeness (QED) is 0.791. The number of aliphatic hydroxyl groups is 1. The zero-order valence-corrected chi connectivity index (χ0v) is 12.0. The second-order valence-electron chi connectivity index (χ2n) is 5.36. The molecule has 106 valence electrons. The van der Waals surface area contributed by atoms with E-state index in [1.807, 2.05) is 4.90 Å². The van der Waals surface area contributed by atoms with Gasteiger partial charge in [0.05, 0.1) is 11.1 Å². The van der Waals surface area contributed by atoms with Gasteiger partial charge in [0.25, 0.3) is 5.91 Å². The molecular formula is C16H20N2O2. The maximum absolute atomic E-state index is 12.7. The van der Waals surface area contributed by atoms with Gasteiger partial charge >= 0.3 is 0 Å². The van der Waals surface area contributed by atoms with Crippen LogP contribution in [-0.4, -0.2) is 40.1 Å². The summed E-state index contributed by atoms with van der Waals surface area (Å²) in [5, 5.41) is 8.79. The Morgan fingerprint density at radius 2 is 2.35 bits per heavy atom. The number of piperidine rings is 1. The normalized spacial score (nSPS) is 22.1. The number of nitrogens with zero attached hydrogens (tertiary/aromatic N) is 2. The number of carbonyl (C=O) groups is 1. The minimum absolute atomic E-state index is 0.00837. The van der Waals surface area contributed by atoms with E-state index in [4.69, 9.17) is 5.11 Å². The average molecular weight is 272 g/mol. The number of pyridine rings is 1. The Labute approximate surface area is 119 Å². The highest BCUT2D eigenvalue weighted by Gasteiger charge is 2.28. The first-order valence-corrected chi connectivity index (χ1v) is 6.98. The topological polar surface area (TPSA) is 53.4 Å². The molecule has 0 aliphatic carbocycles. The summed E-state index contributed by atoms with van der Waals surface area (Å²) in [4.78, 5) is 18.6. The Kier molecular flexibility index (Phi) is 4.75. The zero-order chi connectivity index (χ0) is 14.5. The highest BCUT2D eigenvalue weighted by Crippen LogP contribution is 2.24. The summed E-state index contributed by atoms with van der Waals surface area (Å²) in [5.74, 6) is 6.05. The van der Waals surface area contributed by atoms with E-state index in [0.29, 0.717) is 17.0 Å². The molecule has 1 aliphatic rings. The lowest BCUT2D eigenvalue weighted by Gasteiger charge is -2.36. The lowest BCUT2D eigenvalue weighted by molar-refractivity contribution is 0.0588. The van der Waals surface area contributed by atoms with Crippen LogP contribution in [0.15, 0.2) is 18.5 Å². The minimum atomic E-state index is -0.222. The van der Waals surface area contributed by atoms with Gasteiger partial charge in [0.1, 0.15) is 6.61 Å². The van der Waals surface area contributed by atoms with Gasteiger partial charge in [-0.05, 0) is 31.7 Å². The molecule has 0 radical (unpaired) electrons. The van der Waals surface area contributed by atoms with Crippen molar-refractivity contribution in [3.05, 3.63) is 29.6 Å². The van der Waals surface area contributed by atoms with E-state index in [2.05, 4.69) is 30.7 Å². The number of likely N-dealkylation sites (tertiary alicyclic amines) is 1. The Morgan fingerprint density at radius 3 is 3.05 bits per heavy atom. The van der Waals surface area contributed by atoms with Gasteiger partial charge in [0, 0.05) is 25.0 Å². The van der Waals surface area contributed by atoms with Gasteiger partial charge < -0.3 is 10.0 Å². The summed E-state index contributed by atoms with van der Waals surface area (Å²) in [7, 11) is 0. The third-order valence-electron chi connectivity index (χ3n) is 3.75. The molecule has 1 N–H and O–H groups in total. The van der Waals surface area contributed by atoms with Crippen molar-refractivity contribution in [1.29, 1.82) is 0 Å². The summed E-state index contributed by atoms with van der Waals surface area (Å²) in [6.45, 7) is 4.88. The minimum Gasteiger partial charge on any atom is -0.384 e. The lowest BCUT2D eigenvalue weighted by atomic mass is 9.92. The van der Waals surface area contributed by atoms with Crippen LogP contribution in [0.3, 0.4) is 0 Å². The van der Waals surface area contributed by atoms with E-state index in [-0.39, 0.29) is 18.6 Å². The van der Waals surface area contributed by atoms with Crippen molar-refractivity contribution in [2.24, 2.45) is 5.92 Å². The molecule has 20 heavy (non-hydrogen) atoms. The second kappa shape index (κ2) is 6.53. The molecular weight excluding hydrogens is 252 g/mol. The smallest absolute Gasteiger partial charge is 0.255 e. The maximum atomic E-state index is 12.7. The molecule has 2 rings (SSSR count). The third kappa shape index (κ3) is 3.17. The summed E-state index contributed by atoms with van der Waals surface area (Å²) < 4.78 is 0. The van der Waals surface area contributed by atoms with Crippen LogP contribution in [-0.2, 0) is 0 Å². The standard InChI is InChI=1S/C16H20N2O2/c1-12-6-8-18(13(2)10-12)16(20)15-5-7-17-11-14(15)4-3-9-19/h5,7,11-13,19H,6,8-10H2,1-2H3. The Balaban J connectivity index is 2.25. The second-order valence-corrected chi connectivity index (χ2v) is 5.36. The molecule has 2 heterocycles. The largest absolute Gasteiger partial charge is 0.384 e. The maximum Gasteiger partial charge on any atom is 0.255 e. The van der Waals surface area contributed by atoms with E-state index >= 15 is 0 Å². The van der Waals surface area contributed by atoms with Crippen LogP contribution in [0.2, 0.25) is 0 Å². The van der Waals surface area contributed by atoms with Gasteiger partial charge in [-0.25, -0.2) is 0 Å². The van der Waals surface area contributed by atoms with Crippen molar-refractivity contribution in [3.8, 4) is 11.8 Å². The first kappa shape index (κ1) is 14.5. The molecule has 4 heteroatoms. The fraction of sp³-hybridized carbons (Fsp3) is 0.500. The van der Waals surface area contributed by atoms with Gasteiger partial charge in [-0.1, -0.05) is 18.8 Å². The highest BCUT2D eigenvalue weighted by atomic mass is 16.2. The number of hydrogen-bond acceptors (Lipinski definition) is 3. The molecule has 1 aliphatic heterocycles. The molecule has 0 spiro atoms. The lowest BCUT2D eigenvalue weighted by Crippen LogP contribution is -2.44. The fourth-order valence-corrected chi connectivity index (χ4v) is 2.68. The molecule has 1 aromatic heterocycles. The van der Waals surface area contributed by atoms with Gasteiger partial charge in [-0.2, -0.15) is 0 Å². The molecule has 0 bridgehead atoms. The SMILES string of the molecule is CC1CCN(C(=O)c2ccncc2C#CCO)C(C)C1. The Hall–Kier alpha value is -1.86. The number of amides is 1. The molecule has 0 saturated carbocycles. The number of rotatable bonds is 1. The number of aliphatic hydroxyl groups excluding tert-OH is 1. The van der Waals surface area contributed by atoms with E-state index in [1.54, 1.807) is 18.5 Å². The molecule has 1 amide bonds. The van der Waals surface area contributed by atoms with Crippen molar-refractivity contribution in [2.45, 2.75) is 32.7 Å². The molecule has 4 nitrogen and oxygen atoms in total. The molecule has 1 fully saturated rings. The Bertz CT molecular complexity index is 545. The van der Waals surface area contributed by atoms with Crippen molar-refractivity contribution >= 4 is 5.91 Å². The van der Waals surface area contributed by atoms with Crippen LogP contribution < -0.4 is 0 Å². The summed E-state index contributed by atoms with van der Waals surface area (Å²) in [5.41, 5.74) is 1.15.